The van der Waals surface area contributed by atoms with Gasteiger partial charge >= 0.3 is 6.03 Å². The first-order valence-corrected chi connectivity index (χ1v) is 8.63. The van der Waals surface area contributed by atoms with Gasteiger partial charge in [-0.05, 0) is 36.8 Å². The van der Waals surface area contributed by atoms with Gasteiger partial charge in [-0.3, -0.25) is 25.0 Å². The summed E-state index contributed by atoms with van der Waals surface area (Å²) >= 11 is 0. The fraction of sp³-hybridized carbons (Fsp3) is 0.150. The number of urea groups is 1. The van der Waals surface area contributed by atoms with Crippen molar-refractivity contribution in [2.45, 2.75) is 6.92 Å². The molecule has 4 amide bonds. The molecular weight excluding hydrogens is 376 g/mol. The molecule has 9 nitrogen and oxygen atoms in total. The number of hydrogen-bond acceptors (Lipinski definition) is 6. The van der Waals surface area contributed by atoms with Crippen molar-refractivity contribution in [2.24, 2.45) is 0 Å². The molecule has 0 unspecified atom stereocenters. The van der Waals surface area contributed by atoms with Gasteiger partial charge in [0.2, 0.25) is 0 Å². The van der Waals surface area contributed by atoms with Crippen molar-refractivity contribution in [3.05, 3.63) is 69.3 Å². The number of barbiturate groups is 1. The van der Waals surface area contributed by atoms with Crippen LogP contribution in [-0.2, 0) is 9.59 Å². The number of amides is 4. The third kappa shape index (κ3) is 3.84. The van der Waals surface area contributed by atoms with E-state index in [2.05, 4.69) is 5.32 Å². The van der Waals surface area contributed by atoms with Crippen molar-refractivity contribution in [2.75, 3.05) is 23.9 Å². The van der Waals surface area contributed by atoms with Crippen LogP contribution in [-0.4, -0.2) is 36.9 Å². The van der Waals surface area contributed by atoms with E-state index in [0.29, 0.717) is 16.9 Å². The standard InChI is InChI=1S/C20H18N4O5/c1-12-5-4-6-14(9-12)23-19(26)16(18(25)21-20(23)27)11-13-10-15(24(28)29)7-8-17(13)22(2)3/h4-11H,1-3H3,(H,21,25,27)/b16-11-. The van der Waals surface area contributed by atoms with Gasteiger partial charge in [-0.1, -0.05) is 12.1 Å². The summed E-state index contributed by atoms with van der Waals surface area (Å²) < 4.78 is 0. The number of anilines is 2. The Morgan fingerprint density at radius 1 is 1.10 bits per heavy atom. The van der Waals surface area contributed by atoms with Crippen LogP contribution in [0, 0.1) is 17.0 Å². The molecular formula is C20H18N4O5. The summed E-state index contributed by atoms with van der Waals surface area (Å²) in [6.07, 6.45) is 1.26. The van der Waals surface area contributed by atoms with E-state index < -0.39 is 22.8 Å². The van der Waals surface area contributed by atoms with Crippen molar-refractivity contribution < 1.29 is 19.3 Å². The second kappa shape index (κ2) is 7.55. The molecule has 9 heteroatoms. The van der Waals surface area contributed by atoms with Gasteiger partial charge in [-0.25, -0.2) is 9.69 Å². The Morgan fingerprint density at radius 2 is 1.83 bits per heavy atom. The molecule has 0 spiro atoms. The first-order valence-electron chi connectivity index (χ1n) is 8.63. The fourth-order valence-electron chi connectivity index (χ4n) is 2.99. The van der Waals surface area contributed by atoms with E-state index in [1.165, 1.54) is 24.3 Å². The number of aryl methyl sites for hydroxylation is 1. The van der Waals surface area contributed by atoms with Crippen LogP contribution in [0.1, 0.15) is 11.1 Å². The second-order valence-electron chi connectivity index (χ2n) is 6.69. The number of rotatable bonds is 4. The maximum atomic E-state index is 13.0. The molecule has 0 aromatic heterocycles. The summed E-state index contributed by atoms with van der Waals surface area (Å²) in [5, 5.41) is 13.3. The lowest BCUT2D eigenvalue weighted by molar-refractivity contribution is -0.384. The Bertz CT molecular complexity index is 1070. The van der Waals surface area contributed by atoms with Crippen molar-refractivity contribution in [1.29, 1.82) is 0 Å². The molecule has 0 bridgehead atoms. The van der Waals surface area contributed by atoms with E-state index in [0.717, 1.165) is 10.5 Å². The molecule has 1 N–H and O–H groups in total. The number of imide groups is 2. The van der Waals surface area contributed by atoms with Gasteiger partial charge < -0.3 is 4.90 Å². The summed E-state index contributed by atoms with van der Waals surface area (Å²) in [6, 6.07) is 10.0. The highest BCUT2D eigenvalue weighted by atomic mass is 16.6. The smallest absolute Gasteiger partial charge is 0.335 e. The Labute approximate surface area is 166 Å². The van der Waals surface area contributed by atoms with Crippen LogP contribution in [0.4, 0.5) is 21.9 Å². The number of non-ortho nitro benzene ring substituents is 1. The van der Waals surface area contributed by atoms with Crippen molar-refractivity contribution in [3.8, 4) is 0 Å². The van der Waals surface area contributed by atoms with E-state index in [1.807, 2.05) is 13.0 Å². The number of nitro benzene ring substituents is 1. The Kier molecular flexibility index (Phi) is 5.14. The minimum absolute atomic E-state index is 0.183. The average molecular weight is 394 g/mol. The second-order valence-corrected chi connectivity index (χ2v) is 6.69. The highest BCUT2D eigenvalue weighted by Crippen LogP contribution is 2.28. The van der Waals surface area contributed by atoms with E-state index in [1.54, 1.807) is 37.2 Å². The zero-order valence-corrected chi connectivity index (χ0v) is 16.0. The minimum Gasteiger partial charge on any atom is -0.377 e. The zero-order chi connectivity index (χ0) is 21.3. The molecule has 148 valence electrons. The van der Waals surface area contributed by atoms with Crippen LogP contribution >= 0.6 is 0 Å². The fourth-order valence-corrected chi connectivity index (χ4v) is 2.99. The van der Waals surface area contributed by atoms with Gasteiger partial charge in [0, 0.05) is 37.5 Å². The molecule has 1 saturated heterocycles. The van der Waals surface area contributed by atoms with E-state index in [9.17, 15) is 24.5 Å². The number of nitrogens with one attached hydrogen (secondary N) is 1. The monoisotopic (exact) mass is 394 g/mol. The van der Waals surface area contributed by atoms with Crippen LogP contribution in [0.25, 0.3) is 6.08 Å². The number of nitro groups is 1. The quantitative estimate of drug-likeness (QED) is 0.369. The van der Waals surface area contributed by atoms with Crippen molar-refractivity contribution in [1.82, 2.24) is 5.32 Å². The normalized spacial score (nSPS) is 15.5. The molecule has 0 atom stereocenters. The summed E-state index contributed by atoms with van der Waals surface area (Å²) in [5.74, 6) is -1.67. The molecule has 2 aromatic rings. The van der Waals surface area contributed by atoms with E-state index >= 15 is 0 Å². The van der Waals surface area contributed by atoms with Crippen LogP contribution in [0.15, 0.2) is 48.0 Å². The van der Waals surface area contributed by atoms with Crippen LogP contribution < -0.4 is 15.1 Å². The lowest BCUT2D eigenvalue weighted by atomic mass is 10.0. The maximum absolute atomic E-state index is 13.0. The first-order chi connectivity index (χ1) is 13.7. The highest BCUT2D eigenvalue weighted by molar-refractivity contribution is 6.39. The molecule has 3 rings (SSSR count). The van der Waals surface area contributed by atoms with Crippen LogP contribution in [0.5, 0.6) is 0 Å². The van der Waals surface area contributed by atoms with Gasteiger partial charge in [-0.15, -0.1) is 0 Å². The number of hydrogen-bond donors (Lipinski definition) is 1. The third-order valence-electron chi connectivity index (χ3n) is 4.37. The largest absolute Gasteiger partial charge is 0.377 e. The molecule has 1 aliphatic rings. The predicted molar refractivity (Wildman–Crippen MR) is 108 cm³/mol. The third-order valence-corrected chi connectivity index (χ3v) is 4.37. The van der Waals surface area contributed by atoms with Gasteiger partial charge in [0.15, 0.2) is 0 Å². The number of nitrogens with zero attached hydrogens (tertiary/aromatic N) is 3. The Hall–Kier alpha value is -4.01. The lowest BCUT2D eigenvalue weighted by Gasteiger charge is -2.27. The lowest BCUT2D eigenvalue weighted by Crippen LogP contribution is -2.54. The molecule has 0 saturated carbocycles. The molecule has 29 heavy (non-hydrogen) atoms. The average Bonchev–Trinajstić information content (AvgIpc) is 2.64. The van der Waals surface area contributed by atoms with Gasteiger partial charge in [0.1, 0.15) is 5.57 Å². The van der Waals surface area contributed by atoms with E-state index in [4.69, 9.17) is 0 Å². The summed E-state index contributed by atoms with van der Waals surface area (Å²) in [7, 11) is 3.46. The SMILES string of the molecule is Cc1cccc(N2C(=O)NC(=O)/C(=C/c3cc([N+](=O)[O-])ccc3N(C)C)C2=O)c1. The molecule has 2 aromatic carbocycles. The maximum Gasteiger partial charge on any atom is 0.335 e. The Morgan fingerprint density at radius 3 is 2.45 bits per heavy atom. The summed E-state index contributed by atoms with van der Waals surface area (Å²) in [6.45, 7) is 1.81. The summed E-state index contributed by atoms with van der Waals surface area (Å²) in [4.78, 5) is 50.8. The van der Waals surface area contributed by atoms with E-state index in [-0.39, 0.29) is 11.3 Å². The molecule has 0 aliphatic carbocycles. The minimum atomic E-state index is -0.861. The summed E-state index contributed by atoms with van der Waals surface area (Å²) in [5.41, 5.74) is 1.55. The molecule has 1 fully saturated rings. The zero-order valence-electron chi connectivity index (χ0n) is 16.0. The van der Waals surface area contributed by atoms with Crippen molar-refractivity contribution in [3.63, 3.8) is 0 Å². The topological polar surface area (TPSA) is 113 Å². The highest BCUT2D eigenvalue weighted by Gasteiger charge is 2.37. The van der Waals surface area contributed by atoms with Crippen LogP contribution in [0.2, 0.25) is 0 Å². The van der Waals surface area contributed by atoms with Crippen molar-refractivity contribution >= 4 is 41.0 Å². The number of benzene rings is 2. The Balaban J connectivity index is 2.12. The first kappa shape index (κ1) is 19.7. The van der Waals surface area contributed by atoms with Gasteiger partial charge in [0.25, 0.3) is 17.5 Å². The van der Waals surface area contributed by atoms with Gasteiger partial charge in [-0.2, -0.15) is 0 Å². The van der Waals surface area contributed by atoms with Crippen LogP contribution in [0.3, 0.4) is 0 Å². The number of carbonyl (C=O) groups excluding carboxylic acids is 3. The molecule has 0 radical (unpaired) electrons. The molecule has 1 aliphatic heterocycles. The molecule has 1 heterocycles. The number of carbonyl (C=O) groups is 3. The predicted octanol–water partition coefficient (Wildman–Crippen LogP) is 2.64. The van der Waals surface area contributed by atoms with Gasteiger partial charge in [0.05, 0.1) is 10.6 Å².